The number of aryl methyl sites for hydroxylation is 2. The van der Waals surface area contributed by atoms with Crippen molar-refractivity contribution in [2.24, 2.45) is 0 Å². The lowest BCUT2D eigenvalue weighted by atomic mass is 10.1. The van der Waals surface area contributed by atoms with Crippen molar-refractivity contribution < 1.29 is 4.79 Å². The summed E-state index contributed by atoms with van der Waals surface area (Å²) in [5.74, 6) is 0.166. The third-order valence-electron chi connectivity index (χ3n) is 2.16. The predicted molar refractivity (Wildman–Crippen MR) is 63.9 cm³/mol. The maximum absolute atomic E-state index is 11.9. The van der Waals surface area contributed by atoms with Gasteiger partial charge in [-0.25, -0.2) is 4.98 Å². The topological polar surface area (TPSA) is 30.0 Å². The largest absolute Gasteiger partial charge is 0.294 e. The first-order chi connectivity index (χ1) is 7.16. The van der Waals surface area contributed by atoms with Crippen molar-refractivity contribution in [3.63, 3.8) is 0 Å². The van der Waals surface area contributed by atoms with Crippen LogP contribution in [0.4, 0.5) is 0 Å². The molecule has 0 aliphatic heterocycles. The van der Waals surface area contributed by atoms with Crippen molar-refractivity contribution in [2.75, 3.05) is 0 Å². The molecule has 0 bridgehead atoms. The molecule has 0 N–H and O–H groups in total. The first-order valence-corrected chi connectivity index (χ1v) is 6.46. The zero-order chi connectivity index (χ0) is 10.8. The summed E-state index contributed by atoms with van der Waals surface area (Å²) in [5.41, 5.74) is 2.79. The van der Waals surface area contributed by atoms with Crippen LogP contribution in [0.15, 0.2) is 16.1 Å². The van der Waals surface area contributed by atoms with Gasteiger partial charge in [-0.2, -0.15) is 11.3 Å². The smallest absolute Gasteiger partial charge is 0.169 e. The average molecular weight is 237 g/mol. The third-order valence-corrected chi connectivity index (χ3v) is 3.85. The normalized spacial score (nSPS) is 10.5. The molecule has 0 fully saturated rings. The molecular formula is C11H11NOS2. The lowest BCUT2D eigenvalue weighted by Crippen LogP contribution is -2.03. The van der Waals surface area contributed by atoms with Crippen molar-refractivity contribution in [2.45, 2.75) is 20.3 Å². The maximum Gasteiger partial charge on any atom is 0.169 e. The molecule has 2 heterocycles. The van der Waals surface area contributed by atoms with Gasteiger partial charge in [0.1, 0.15) is 0 Å². The van der Waals surface area contributed by atoms with Crippen LogP contribution in [0.5, 0.6) is 0 Å². The van der Waals surface area contributed by atoms with Crippen LogP contribution in [0.1, 0.15) is 26.6 Å². The standard InChI is InChI=1S/C11H11NOS2/c1-7-4-14-6-10(7)11(13)3-9-5-15-8(2)12-9/h4-6H,3H2,1-2H3. The van der Waals surface area contributed by atoms with Crippen molar-refractivity contribution in [1.29, 1.82) is 0 Å². The Kier molecular flexibility index (Phi) is 2.98. The monoisotopic (exact) mass is 237 g/mol. The first kappa shape index (κ1) is 10.5. The molecule has 0 radical (unpaired) electrons. The van der Waals surface area contributed by atoms with Crippen LogP contribution in [0.2, 0.25) is 0 Å². The van der Waals surface area contributed by atoms with Crippen molar-refractivity contribution >= 4 is 28.5 Å². The quantitative estimate of drug-likeness (QED) is 0.767. The van der Waals surface area contributed by atoms with E-state index in [4.69, 9.17) is 0 Å². The molecule has 0 saturated heterocycles. The lowest BCUT2D eigenvalue weighted by molar-refractivity contribution is 0.0992. The molecule has 2 rings (SSSR count). The van der Waals surface area contributed by atoms with Gasteiger partial charge in [0.05, 0.1) is 17.1 Å². The first-order valence-electron chi connectivity index (χ1n) is 4.64. The van der Waals surface area contributed by atoms with Crippen LogP contribution < -0.4 is 0 Å². The van der Waals surface area contributed by atoms with Crippen LogP contribution in [0.25, 0.3) is 0 Å². The highest BCUT2D eigenvalue weighted by Crippen LogP contribution is 2.17. The highest BCUT2D eigenvalue weighted by Gasteiger charge is 2.12. The summed E-state index contributed by atoms with van der Waals surface area (Å²) in [6.07, 6.45) is 0.419. The molecule has 0 amide bonds. The third kappa shape index (κ3) is 2.33. The van der Waals surface area contributed by atoms with Gasteiger partial charge in [-0.1, -0.05) is 0 Å². The number of thiophene rings is 1. The Labute approximate surface area is 96.6 Å². The second kappa shape index (κ2) is 4.24. The number of carbonyl (C=O) groups is 1. The highest BCUT2D eigenvalue weighted by molar-refractivity contribution is 7.09. The molecule has 15 heavy (non-hydrogen) atoms. The van der Waals surface area contributed by atoms with Crippen LogP contribution in [-0.2, 0) is 6.42 Å². The Morgan fingerprint density at radius 1 is 1.33 bits per heavy atom. The van der Waals surface area contributed by atoms with Gasteiger partial charge < -0.3 is 0 Å². The van der Waals surface area contributed by atoms with Gasteiger partial charge in [0, 0.05) is 16.3 Å². The summed E-state index contributed by atoms with van der Waals surface area (Å²) in [7, 11) is 0. The molecule has 0 spiro atoms. The molecule has 0 saturated carbocycles. The molecule has 2 nitrogen and oxygen atoms in total. The van der Waals surface area contributed by atoms with E-state index < -0.39 is 0 Å². The Morgan fingerprint density at radius 3 is 2.67 bits per heavy atom. The summed E-state index contributed by atoms with van der Waals surface area (Å²) in [6.45, 7) is 3.92. The fourth-order valence-corrected chi connectivity index (χ4v) is 2.86. The summed E-state index contributed by atoms with van der Waals surface area (Å²) < 4.78 is 0. The molecule has 2 aromatic rings. The van der Waals surface area contributed by atoms with E-state index in [0.717, 1.165) is 21.8 Å². The highest BCUT2D eigenvalue weighted by atomic mass is 32.1. The van der Waals surface area contributed by atoms with E-state index in [1.54, 1.807) is 22.7 Å². The van der Waals surface area contributed by atoms with Crippen molar-refractivity contribution in [3.05, 3.63) is 38.0 Å². The molecule has 0 atom stereocenters. The molecule has 2 aromatic heterocycles. The summed E-state index contributed by atoms with van der Waals surface area (Å²) in [4.78, 5) is 16.2. The van der Waals surface area contributed by atoms with E-state index in [2.05, 4.69) is 4.98 Å². The summed E-state index contributed by atoms with van der Waals surface area (Å²) >= 11 is 3.16. The number of thiazole rings is 1. The number of Topliss-reactive ketones (excluding diaryl/α,β-unsaturated/α-hetero) is 1. The summed E-state index contributed by atoms with van der Waals surface area (Å²) in [5, 5.41) is 6.88. The van der Waals surface area contributed by atoms with Crippen molar-refractivity contribution in [1.82, 2.24) is 4.98 Å². The van der Waals surface area contributed by atoms with Crippen LogP contribution in [-0.4, -0.2) is 10.8 Å². The number of aromatic nitrogens is 1. The van der Waals surface area contributed by atoms with Crippen LogP contribution in [0, 0.1) is 13.8 Å². The molecule has 0 unspecified atom stereocenters. The Balaban J connectivity index is 2.14. The Morgan fingerprint density at radius 2 is 2.13 bits per heavy atom. The van der Waals surface area contributed by atoms with Crippen LogP contribution in [0.3, 0.4) is 0 Å². The van der Waals surface area contributed by atoms with Gasteiger partial charge in [0.15, 0.2) is 5.78 Å². The van der Waals surface area contributed by atoms with E-state index in [1.807, 2.05) is 30.0 Å². The molecule has 78 valence electrons. The second-order valence-electron chi connectivity index (χ2n) is 3.43. The van der Waals surface area contributed by atoms with Gasteiger partial charge in [-0.05, 0) is 24.8 Å². The van der Waals surface area contributed by atoms with E-state index in [9.17, 15) is 4.79 Å². The summed E-state index contributed by atoms with van der Waals surface area (Å²) in [6, 6.07) is 0. The van der Waals surface area contributed by atoms with E-state index in [1.165, 1.54) is 0 Å². The Bertz CT molecular complexity index is 484. The van der Waals surface area contributed by atoms with Crippen molar-refractivity contribution in [3.8, 4) is 0 Å². The number of nitrogens with zero attached hydrogens (tertiary/aromatic N) is 1. The zero-order valence-electron chi connectivity index (χ0n) is 8.61. The fraction of sp³-hybridized carbons (Fsp3) is 0.273. The second-order valence-corrected chi connectivity index (χ2v) is 5.23. The minimum Gasteiger partial charge on any atom is -0.294 e. The van der Waals surface area contributed by atoms with E-state index in [-0.39, 0.29) is 5.78 Å². The van der Waals surface area contributed by atoms with Gasteiger partial charge in [-0.15, -0.1) is 11.3 Å². The maximum atomic E-state index is 11.9. The molecule has 0 aromatic carbocycles. The number of ketones is 1. The van der Waals surface area contributed by atoms with Gasteiger partial charge >= 0.3 is 0 Å². The van der Waals surface area contributed by atoms with Gasteiger partial charge in [0.2, 0.25) is 0 Å². The minimum absolute atomic E-state index is 0.166. The number of hydrogen-bond acceptors (Lipinski definition) is 4. The number of rotatable bonds is 3. The predicted octanol–water partition coefficient (Wildman–Crippen LogP) is 3.25. The minimum atomic E-state index is 0.166. The van der Waals surface area contributed by atoms with Gasteiger partial charge in [0.25, 0.3) is 0 Å². The number of hydrogen-bond donors (Lipinski definition) is 0. The molecule has 4 heteroatoms. The Hall–Kier alpha value is -1.00. The zero-order valence-corrected chi connectivity index (χ0v) is 10.2. The lowest BCUT2D eigenvalue weighted by Gasteiger charge is -1.96. The molecule has 0 aliphatic rings. The average Bonchev–Trinajstić information content (AvgIpc) is 2.75. The van der Waals surface area contributed by atoms with E-state index in [0.29, 0.717) is 6.42 Å². The molecule has 0 aliphatic carbocycles. The SMILES string of the molecule is Cc1nc(CC(=O)c2cscc2C)cs1. The fourth-order valence-electron chi connectivity index (χ4n) is 1.40. The van der Waals surface area contributed by atoms with Gasteiger partial charge in [-0.3, -0.25) is 4.79 Å². The number of carbonyl (C=O) groups excluding carboxylic acids is 1. The molecular weight excluding hydrogens is 226 g/mol. The van der Waals surface area contributed by atoms with Crippen LogP contribution >= 0.6 is 22.7 Å². The van der Waals surface area contributed by atoms with E-state index >= 15 is 0 Å².